The molecule has 0 aliphatic heterocycles. The van der Waals surface area contributed by atoms with Gasteiger partial charge in [0.05, 0.1) is 5.69 Å². The minimum atomic E-state index is -3.06. The summed E-state index contributed by atoms with van der Waals surface area (Å²) in [6.07, 6.45) is 5.35. The fourth-order valence-corrected chi connectivity index (χ4v) is 9.13. The second-order valence-electron chi connectivity index (χ2n) is 11.0. The molecule has 6 aromatic rings. The zero-order valence-electron chi connectivity index (χ0n) is 23.5. The third kappa shape index (κ3) is 5.04. The van der Waals surface area contributed by atoms with E-state index in [-0.39, 0.29) is 0 Å². The average molecular weight is 562 g/mol. The van der Waals surface area contributed by atoms with Crippen LogP contribution < -0.4 is 15.9 Å². The van der Waals surface area contributed by atoms with Crippen molar-refractivity contribution in [2.24, 2.45) is 0 Å². The maximum Gasteiger partial charge on any atom is 0.171 e. The van der Waals surface area contributed by atoms with Gasteiger partial charge in [-0.1, -0.05) is 121 Å². The molecule has 1 heterocycles. The highest BCUT2D eigenvalue weighted by Gasteiger charge is 2.32. The van der Waals surface area contributed by atoms with E-state index < -0.39 is 7.14 Å². The molecule has 0 fully saturated rings. The first-order chi connectivity index (χ1) is 20.7. The molecular formula is C39H32NOP. The number of hydrogen-bond acceptors (Lipinski definition) is 2. The van der Waals surface area contributed by atoms with Gasteiger partial charge in [-0.15, -0.1) is 0 Å². The lowest BCUT2D eigenvalue weighted by Crippen LogP contribution is -2.28. The molecule has 0 atom stereocenters. The van der Waals surface area contributed by atoms with Crippen LogP contribution in [0, 0.1) is 0 Å². The summed E-state index contributed by atoms with van der Waals surface area (Å²) in [5.74, 6) is 0. The Hall–Kier alpha value is -4.52. The first-order valence-electron chi connectivity index (χ1n) is 14.7. The maximum atomic E-state index is 15.3. The molecule has 10 rings (SSSR count). The molecule has 0 saturated heterocycles. The van der Waals surface area contributed by atoms with Crippen molar-refractivity contribution in [2.75, 3.05) is 0 Å². The Balaban J connectivity index is 1.28. The molecule has 3 heteroatoms. The number of rotatable bonds is 5. The molecule has 0 saturated carbocycles. The lowest BCUT2D eigenvalue weighted by molar-refractivity contribution is 0.592. The van der Waals surface area contributed by atoms with E-state index in [4.69, 9.17) is 0 Å². The lowest BCUT2D eigenvalue weighted by atomic mass is 9.90. The Morgan fingerprint density at radius 1 is 0.500 bits per heavy atom. The quantitative estimate of drug-likeness (QED) is 0.200. The van der Waals surface area contributed by atoms with Gasteiger partial charge in [-0.05, 0) is 77.3 Å². The van der Waals surface area contributed by atoms with E-state index in [9.17, 15) is 0 Å². The molecule has 0 unspecified atom stereocenters. The zero-order valence-corrected chi connectivity index (χ0v) is 24.4. The lowest BCUT2D eigenvalue weighted by Gasteiger charge is -2.24. The summed E-state index contributed by atoms with van der Waals surface area (Å²) in [4.78, 5) is 4.51. The van der Waals surface area contributed by atoms with Gasteiger partial charge in [0.15, 0.2) is 7.14 Å². The van der Waals surface area contributed by atoms with Gasteiger partial charge in [0, 0.05) is 27.7 Å². The molecule has 5 aromatic carbocycles. The molecule has 204 valence electrons. The maximum absolute atomic E-state index is 15.3. The molecule has 0 radical (unpaired) electrons. The van der Waals surface area contributed by atoms with Gasteiger partial charge in [0.25, 0.3) is 0 Å². The van der Waals surface area contributed by atoms with Crippen LogP contribution in [-0.4, -0.2) is 4.98 Å². The molecule has 1 aromatic heterocycles. The van der Waals surface area contributed by atoms with Crippen LogP contribution in [0.5, 0.6) is 0 Å². The van der Waals surface area contributed by atoms with Crippen molar-refractivity contribution < 1.29 is 4.57 Å². The van der Waals surface area contributed by atoms with E-state index in [2.05, 4.69) is 65.6 Å². The highest BCUT2D eigenvalue weighted by molar-refractivity contribution is 7.85. The fourth-order valence-electron chi connectivity index (χ4n) is 6.15. The van der Waals surface area contributed by atoms with Gasteiger partial charge in [0.1, 0.15) is 0 Å². The van der Waals surface area contributed by atoms with Crippen molar-refractivity contribution in [3.05, 3.63) is 168 Å². The van der Waals surface area contributed by atoms with Crippen LogP contribution in [0.25, 0.3) is 22.4 Å². The molecule has 4 bridgehead atoms. The first kappa shape index (κ1) is 26.4. The predicted octanol–water partition coefficient (Wildman–Crippen LogP) is 7.94. The number of hydrogen-bond donors (Lipinski definition) is 0. The summed E-state index contributed by atoms with van der Waals surface area (Å²) >= 11 is 0. The van der Waals surface area contributed by atoms with Crippen molar-refractivity contribution in [1.29, 1.82) is 0 Å². The molecular weight excluding hydrogens is 529 g/mol. The van der Waals surface area contributed by atoms with Gasteiger partial charge >= 0.3 is 0 Å². The molecule has 4 aliphatic carbocycles. The minimum Gasteiger partial charge on any atom is -0.309 e. The molecule has 2 nitrogen and oxygen atoms in total. The first-order valence-corrected chi connectivity index (χ1v) is 16.4. The van der Waals surface area contributed by atoms with Crippen LogP contribution in [0.3, 0.4) is 0 Å². The Morgan fingerprint density at radius 2 is 1.07 bits per heavy atom. The number of benzene rings is 5. The molecule has 0 amide bonds. The number of aromatic nitrogens is 1. The normalized spacial score (nSPS) is 13.0. The summed E-state index contributed by atoms with van der Waals surface area (Å²) in [7, 11) is -3.06. The third-order valence-electron chi connectivity index (χ3n) is 8.43. The molecule has 0 spiro atoms. The van der Waals surface area contributed by atoms with Crippen LogP contribution in [-0.2, 0) is 30.2 Å². The Bertz CT molecular complexity index is 1840. The second-order valence-corrected chi connectivity index (χ2v) is 13.8. The Labute approximate surface area is 248 Å². The van der Waals surface area contributed by atoms with Gasteiger partial charge in [-0.3, -0.25) is 4.98 Å². The summed E-state index contributed by atoms with van der Waals surface area (Å²) in [6.45, 7) is 0. The van der Waals surface area contributed by atoms with Gasteiger partial charge in [-0.25, -0.2) is 0 Å². The van der Waals surface area contributed by atoms with Gasteiger partial charge in [0.2, 0.25) is 0 Å². The fraction of sp³-hybridized carbons (Fsp3) is 0.103. The van der Waals surface area contributed by atoms with Crippen molar-refractivity contribution in [1.82, 2.24) is 4.98 Å². The third-order valence-corrected chi connectivity index (χ3v) is 11.6. The smallest absolute Gasteiger partial charge is 0.171 e. The number of nitrogens with zero attached hydrogens (tertiary/aromatic N) is 1. The topological polar surface area (TPSA) is 30.0 Å². The monoisotopic (exact) mass is 561 g/mol. The van der Waals surface area contributed by atoms with Gasteiger partial charge < -0.3 is 4.57 Å². The second kappa shape index (κ2) is 11.4. The van der Waals surface area contributed by atoms with E-state index in [1.807, 2.05) is 85.1 Å². The number of aryl methyl sites for hydroxylation is 4. The summed E-state index contributed by atoms with van der Waals surface area (Å²) in [5.41, 5.74) is 9.67. The number of pyridine rings is 1. The summed E-state index contributed by atoms with van der Waals surface area (Å²) < 4.78 is 15.3. The largest absolute Gasteiger partial charge is 0.309 e. The Morgan fingerprint density at radius 3 is 1.71 bits per heavy atom. The van der Waals surface area contributed by atoms with E-state index >= 15 is 4.57 Å². The van der Waals surface area contributed by atoms with Gasteiger partial charge in [-0.2, -0.15) is 0 Å². The van der Waals surface area contributed by atoms with E-state index in [1.165, 1.54) is 33.4 Å². The van der Waals surface area contributed by atoms with E-state index in [1.54, 1.807) is 0 Å². The predicted molar refractivity (Wildman–Crippen MR) is 176 cm³/mol. The van der Waals surface area contributed by atoms with Crippen LogP contribution in [0.1, 0.15) is 22.3 Å². The van der Waals surface area contributed by atoms with Crippen molar-refractivity contribution in [3.63, 3.8) is 0 Å². The van der Waals surface area contributed by atoms with E-state index in [0.29, 0.717) is 0 Å². The van der Waals surface area contributed by atoms with Crippen molar-refractivity contribution in [3.8, 4) is 22.4 Å². The molecule has 42 heavy (non-hydrogen) atoms. The Kier molecular flexibility index (Phi) is 7.16. The van der Waals surface area contributed by atoms with Crippen LogP contribution in [0.2, 0.25) is 0 Å². The SMILES string of the molecule is O=P(c1ccccc1)(c1ccccc1)c1cc2ccc1CCc1ccc(c(-c3ccc(-c4ccccn4)cc3)c1)CC2. The minimum absolute atomic E-state index is 0.830. The molecule has 4 aliphatic rings. The average Bonchev–Trinajstić information content (AvgIpc) is 3.06. The van der Waals surface area contributed by atoms with Crippen molar-refractivity contribution in [2.45, 2.75) is 25.7 Å². The zero-order chi connectivity index (χ0) is 28.4. The highest BCUT2D eigenvalue weighted by Crippen LogP contribution is 2.44. The van der Waals surface area contributed by atoms with Crippen molar-refractivity contribution >= 4 is 23.1 Å². The van der Waals surface area contributed by atoms with Crippen LogP contribution in [0.4, 0.5) is 0 Å². The van der Waals surface area contributed by atoms with Crippen LogP contribution in [0.15, 0.2) is 146 Å². The summed E-state index contributed by atoms with van der Waals surface area (Å²) in [6, 6.07) is 48.6. The molecule has 0 N–H and O–H groups in total. The highest BCUT2D eigenvalue weighted by atomic mass is 31.2. The summed E-state index contributed by atoms with van der Waals surface area (Å²) in [5, 5.41) is 2.76. The standard InChI is InChI=1S/C39H32NOP/c41-42(35-9-3-1-4-10-35,36-11-5-2-6-12-36)39-28-30-15-19-31-18-14-29(16-20-34(39)21-17-30)27-37(31)32-22-24-33(25-23-32)38-13-7-8-26-40-38/h1-14,17-18,21-28H,15-16,19-20H2. The van der Waals surface area contributed by atoms with Crippen LogP contribution >= 0.6 is 7.14 Å². The van der Waals surface area contributed by atoms with E-state index in [0.717, 1.165) is 52.9 Å².